The Morgan fingerprint density at radius 2 is 2.11 bits per heavy atom. The maximum atomic E-state index is 12.1. The summed E-state index contributed by atoms with van der Waals surface area (Å²) in [6.45, 7) is 3.41. The number of hydrogen-bond donors (Lipinski definition) is 1. The number of rotatable bonds is 4. The molecule has 0 unspecified atom stereocenters. The lowest BCUT2D eigenvalue weighted by Crippen LogP contribution is -2.48. The number of hydrogen-bond acceptors (Lipinski definition) is 3. The lowest BCUT2D eigenvalue weighted by molar-refractivity contribution is -0.136. The van der Waals surface area contributed by atoms with Crippen LogP contribution in [0.25, 0.3) is 0 Å². The average molecular weight is 280 g/mol. The summed E-state index contributed by atoms with van der Waals surface area (Å²) in [5.41, 5.74) is 1.00. The molecule has 0 saturated carbocycles. The number of thiophene rings is 1. The topological polar surface area (TPSA) is 49.4 Å². The van der Waals surface area contributed by atoms with E-state index in [1.807, 2.05) is 21.7 Å². The molecule has 0 aromatic carbocycles. The molecule has 1 fully saturated rings. The molecule has 5 heteroatoms. The molecule has 1 atom stereocenters. The van der Waals surface area contributed by atoms with Gasteiger partial charge in [0.05, 0.1) is 6.42 Å². The van der Waals surface area contributed by atoms with Gasteiger partial charge in [0.15, 0.2) is 0 Å². The second kappa shape index (κ2) is 6.70. The summed E-state index contributed by atoms with van der Waals surface area (Å²) in [5.74, 6) is -0.0466. The molecular weight excluding hydrogens is 260 g/mol. The van der Waals surface area contributed by atoms with E-state index in [1.54, 1.807) is 18.3 Å². The standard InChI is InChI=1S/C14H20N2O2S/c1-11(14(18)16-6-3-2-4-7-16)15-13(17)9-12-5-8-19-10-12/h5,8,10-11H,2-4,6-7,9H2,1H3,(H,15,17)/t11-/m1/s1. The molecule has 2 rings (SSSR count). The minimum absolute atomic E-state index is 0.0402. The molecule has 0 spiro atoms. The van der Waals surface area contributed by atoms with Gasteiger partial charge in [0.1, 0.15) is 6.04 Å². The molecule has 1 aliphatic heterocycles. The fraction of sp³-hybridized carbons (Fsp3) is 0.571. The van der Waals surface area contributed by atoms with E-state index in [4.69, 9.17) is 0 Å². The highest BCUT2D eigenvalue weighted by molar-refractivity contribution is 7.07. The van der Waals surface area contributed by atoms with Crippen molar-refractivity contribution in [3.8, 4) is 0 Å². The van der Waals surface area contributed by atoms with Crippen LogP contribution in [0, 0.1) is 0 Å². The van der Waals surface area contributed by atoms with Crippen LogP contribution in [0.3, 0.4) is 0 Å². The molecule has 1 aromatic heterocycles. The van der Waals surface area contributed by atoms with Crippen molar-refractivity contribution in [3.05, 3.63) is 22.4 Å². The van der Waals surface area contributed by atoms with Gasteiger partial charge in [0.25, 0.3) is 0 Å². The van der Waals surface area contributed by atoms with Crippen LogP contribution in [0.4, 0.5) is 0 Å². The van der Waals surface area contributed by atoms with Gasteiger partial charge in [0.2, 0.25) is 11.8 Å². The van der Waals surface area contributed by atoms with Crippen LogP contribution in [-0.4, -0.2) is 35.8 Å². The van der Waals surface area contributed by atoms with E-state index in [2.05, 4.69) is 5.32 Å². The average Bonchev–Trinajstić information content (AvgIpc) is 2.91. The van der Waals surface area contributed by atoms with Gasteiger partial charge in [-0.15, -0.1) is 0 Å². The third kappa shape index (κ3) is 4.06. The summed E-state index contributed by atoms with van der Waals surface area (Å²) >= 11 is 1.57. The van der Waals surface area contributed by atoms with Crippen molar-refractivity contribution in [3.63, 3.8) is 0 Å². The summed E-state index contributed by atoms with van der Waals surface area (Å²) in [6.07, 6.45) is 3.69. The van der Waals surface area contributed by atoms with Gasteiger partial charge in [-0.25, -0.2) is 0 Å². The number of nitrogens with one attached hydrogen (secondary N) is 1. The Balaban J connectivity index is 1.80. The van der Waals surface area contributed by atoms with Gasteiger partial charge in [-0.1, -0.05) is 0 Å². The first-order valence-corrected chi connectivity index (χ1v) is 7.70. The molecule has 0 bridgehead atoms. The normalized spacial score (nSPS) is 17.0. The maximum Gasteiger partial charge on any atom is 0.244 e. The zero-order valence-corrected chi connectivity index (χ0v) is 12.0. The van der Waals surface area contributed by atoms with E-state index < -0.39 is 6.04 Å². The van der Waals surface area contributed by atoms with Gasteiger partial charge >= 0.3 is 0 Å². The summed E-state index contributed by atoms with van der Waals surface area (Å²) in [7, 11) is 0. The van der Waals surface area contributed by atoms with Crippen molar-refractivity contribution in [1.29, 1.82) is 0 Å². The molecule has 0 aliphatic carbocycles. The molecule has 1 N–H and O–H groups in total. The minimum Gasteiger partial charge on any atom is -0.344 e. The SMILES string of the molecule is C[C@@H](NC(=O)Cc1ccsc1)C(=O)N1CCCCC1. The summed E-state index contributed by atoms with van der Waals surface area (Å²) in [4.78, 5) is 25.8. The second-order valence-electron chi connectivity index (χ2n) is 4.98. The highest BCUT2D eigenvalue weighted by Crippen LogP contribution is 2.10. The Kier molecular flexibility index (Phi) is 4.96. The Morgan fingerprint density at radius 3 is 2.74 bits per heavy atom. The summed E-state index contributed by atoms with van der Waals surface area (Å²) in [6, 6.07) is 1.51. The van der Waals surface area contributed by atoms with Crippen molar-refractivity contribution in [1.82, 2.24) is 10.2 Å². The van der Waals surface area contributed by atoms with Crippen LogP contribution >= 0.6 is 11.3 Å². The molecule has 1 aliphatic rings. The third-order valence-corrected chi connectivity index (χ3v) is 4.09. The quantitative estimate of drug-likeness (QED) is 0.914. The van der Waals surface area contributed by atoms with Crippen LogP contribution in [0.1, 0.15) is 31.7 Å². The Morgan fingerprint density at radius 1 is 1.37 bits per heavy atom. The number of carbonyl (C=O) groups excluding carboxylic acids is 2. The van der Waals surface area contributed by atoms with Gasteiger partial charge in [-0.2, -0.15) is 11.3 Å². The number of piperidine rings is 1. The number of nitrogens with zero attached hydrogens (tertiary/aromatic N) is 1. The predicted molar refractivity (Wildman–Crippen MR) is 76.1 cm³/mol. The van der Waals surface area contributed by atoms with Crippen molar-refractivity contribution in [2.45, 2.75) is 38.6 Å². The van der Waals surface area contributed by atoms with E-state index in [0.717, 1.165) is 31.5 Å². The van der Waals surface area contributed by atoms with E-state index in [0.29, 0.717) is 6.42 Å². The zero-order chi connectivity index (χ0) is 13.7. The molecular formula is C14H20N2O2S. The summed E-state index contributed by atoms with van der Waals surface area (Å²) in [5, 5.41) is 6.69. The van der Waals surface area contributed by atoms with Gasteiger partial charge in [-0.05, 0) is 48.6 Å². The van der Waals surface area contributed by atoms with E-state index in [9.17, 15) is 9.59 Å². The fourth-order valence-corrected chi connectivity index (χ4v) is 2.99. The number of amides is 2. The van der Waals surface area contributed by atoms with Crippen molar-refractivity contribution in [2.75, 3.05) is 13.1 Å². The van der Waals surface area contributed by atoms with E-state index >= 15 is 0 Å². The van der Waals surface area contributed by atoms with Crippen molar-refractivity contribution in [2.24, 2.45) is 0 Å². The Hall–Kier alpha value is -1.36. The van der Waals surface area contributed by atoms with E-state index in [1.165, 1.54) is 6.42 Å². The first-order chi connectivity index (χ1) is 9.16. The molecule has 104 valence electrons. The number of likely N-dealkylation sites (tertiary alicyclic amines) is 1. The lowest BCUT2D eigenvalue weighted by atomic mass is 10.1. The molecule has 2 heterocycles. The van der Waals surface area contributed by atoms with E-state index in [-0.39, 0.29) is 11.8 Å². The largest absolute Gasteiger partial charge is 0.344 e. The monoisotopic (exact) mass is 280 g/mol. The second-order valence-corrected chi connectivity index (χ2v) is 5.76. The predicted octanol–water partition coefficient (Wildman–Crippen LogP) is 1.81. The minimum atomic E-state index is -0.427. The third-order valence-electron chi connectivity index (χ3n) is 3.36. The van der Waals surface area contributed by atoms with Gasteiger partial charge in [0, 0.05) is 13.1 Å². The molecule has 2 amide bonds. The van der Waals surface area contributed by atoms with Crippen LogP contribution in [-0.2, 0) is 16.0 Å². The van der Waals surface area contributed by atoms with Crippen LogP contribution in [0.15, 0.2) is 16.8 Å². The highest BCUT2D eigenvalue weighted by Gasteiger charge is 2.23. The first-order valence-electron chi connectivity index (χ1n) is 6.76. The van der Waals surface area contributed by atoms with Crippen molar-refractivity contribution >= 4 is 23.2 Å². The molecule has 4 nitrogen and oxygen atoms in total. The Bertz CT molecular complexity index is 425. The molecule has 0 radical (unpaired) electrons. The van der Waals surface area contributed by atoms with Crippen molar-refractivity contribution < 1.29 is 9.59 Å². The maximum absolute atomic E-state index is 12.1. The summed E-state index contributed by atoms with van der Waals surface area (Å²) < 4.78 is 0. The number of carbonyl (C=O) groups is 2. The highest BCUT2D eigenvalue weighted by atomic mass is 32.1. The lowest BCUT2D eigenvalue weighted by Gasteiger charge is -2.29. The van der Waals surface area contributed by atoms with Crippen LogP contribution in [0.2, 0.25) is 0 Å². The van der Waals surface area contributed by atoms with Crippen LogP contribution < -0.4 is 5.32 Å². The zero-order valence-electron chi connectivity index (χ0n) is 11.2. The van der Waals surface area contributed by atoms with Crippen LogP contribution in [0.5, 0.6) is 0 Å². The first kappa shape index (κ1) is 14.1. The van der Waals surface area contributed by atoms with Gasteiger partial charge in [-0.3, -0.25) is 9.59 Å². The molecule has 1 saturated heterocycles. The molecule has 1 aromatic rings. The molecule has 19 heavy (non-hydrogen) atoms. The fourth-order valence-electron chi connectivity index (χ4n) is 2.32. The smallest absolute Gasteiger partial charge is 0.244 e. The van der Waals surface area contributed by atoms with Gasteiger partial charge < -0.3 is 10.2 Å². The Labute approximate surface area is 117 Å².